The van der Waals surface area contributed by atoms with Crippen molar-refractivity contribution in [1.82, 2.24) is 0 Å². The van der Waals surface area contributed by atoms with E-state index in [4.69, 9.17) is 9.79 Å². The SMILES string of the molecule is O=P(O)(O)OC1CCCCC1.[Zn]. The zero-order valence-corrected chi connectivity index (χ0v) is 10.8. The number of phosphoric acid groups is 1. The summed E-state index contributed by atoms with van der Waals surface area (Å²) in [5, 5.41) is 0. The van der Waals surface area contributed by atoms with Crippen molar-refractivity contribution in [2.45, 2.75) is 38.2 Å². The van der Waals surface area contributed by atoms with Gasteiger partial charge >= 0.3 is 7.82 Å². The predicted octanol–water partition coefficient (Wildman–Crippen LogP) is 1.43. The van der Waals surface area contributed by atoms with Crippen molar-refractivity contribution < 1.29 is 38.4 Å². The van der Waals surface area contributed by atoms with Crippen molar-refractivity contribution in [2.24, 2.45) is 0 Å². The molecule has 1 saturated carbocycles. The maximum Gasteiger partial charge on any atom is 0.469 e. The minimum absolute atomic E-state index is 0. The van der Waals surface area contributed by atoms with Gasteiger partial charge in [-0.25, -0.2) is 4.57 Å². The van der Waals surface area contributed by atoms with Gasteiger partial charge in [0.2, 0.25) is 0 Å². The smallest absolute Gasteiger partial charge is 0.303 e. The second kappa shape index (κ2) is 5.46. The standard InChI is InChI=1S/C6H13O4P.Zn/c7-11(8,9)10-6-4-2-1-3-5-6;/h6H,1-5H2,(H2,7,8,9);. The predicted molar refractivity (Wildman–Crippen MR) is 40.0 cm³/mol. The molecule has 0 saturated heterocycles. The molecule has 6 heteroatoms. The van der Waals surface area contributed by atoms with E-state index in [0.717, 1.165) is 32.1 Å². The van der Waals surface area contributed by atoms with Crippen LogP contribution in [0.25, 0.3) is 0 Å². The van der Waals surface area contributed by atoms with E-state index in [-0.39, 0.29) is 25.6 Å². The van der Waals surface area contributed by atoms with Gasteiger partial charge in [-0.05, 0) is 12.8 Å². The molecule has 1 fully saturated rings. The molecule has 0 spiro atoms. The van der Waals surface area contributed by atoms with Crippen molar-refractivity contribution >= 4 is 7.82 Å². The molecular formula is C6H13O4PZn. The third-order valence-corrected chi connectivity index (χ3v) is 2.41. The fourth-order valence-electron chi connectivity index (χ4n) is 1.36. The van der Waals surface area contributed by atoms with Gasteiger partial charge in [0.15, 0.2) is 0 Å². The molecule has 12 heavy (non-hydrogen) atoms. The van der Waals surface area contributed by atoms with Crippen LogP contribution in [0, 0.1) is 0 Å². The molecule has 0 aromatic carbocycles. The van der Waals surface area contributed by atoms with Gasteiger partial charge < -0.3 is 9.79 Å². The topological polar surface area (TPSA) is 66.8 Å². The molecular weight excluding hydrogens is 232 g/mol. The Morgan fingerprint density at radius 1 is 1.17 bits per heavy atom. The fraction of sp³-hybridized carbons (Fsp3) is 1.00. The molecule has 0 amide bonds. The Hall–Kier alpha value is 0.733. The number of phosphoric ester groups is 1. The van der Waals surface area contributed by atoms with E-state index in [0.29, 0.717) is 0 Å². The molecule has 0 aliphatic heterocycles. The molecule has 0 aromatic rings. The zero-order chi connectivity index (χ0) is 8.32. The largest absolute Gasteiger partial charge is 0.469 e. The summed E-state index contributed by atoms with van der Waals surface area (Å²) in [6, 6.07) is 0. The average molecular weight is 246 g/mol. The van der Waals surface area contributed by atoms with Gasteiger partial charge in [0.1, 0.15) is 0 Å². The zero-order valence-electron chi connectivity index (χ0n) is 6.98. The third-order valence-electron chi connectivity index (χ3n) is 1.84. The summed E-state index contributed by atoms with van der Waals surface area (Å²) in [4.78, 5) is 16.9. The van der Waals surface area contributed by atoms with E-state index < -0.39 is 7.82 Å². The molecule has 1 rings (SSSR count). The molecule has 0 bridgehead atoms. The van der Waals surface area contributed by atoms with Crippen LogP contribution in [0.2, 0.25) is 0 Å². The molecule has 1 aliphatic carbocycles. The Kier molecular flexibility index (Phi) is 5.79. The number of hydrogen-bond acceptors (Lipinski definition) is 2. The number of rotatable bonds is 2. The molecule has 0 atom stereocenters. The summed E-state index contributed by atoms with van der Waals surface area (Å²) in [5.74, 6) is 0. The molecule has 4 nitrogen and oxygen atoms in total. The van der Waals surface area contributed by atoms with Gasteiger partial charge in [-0.3, -0.25) is 4.52 Å². The fourth-order valence-corrected chi connectivity index (χ4v) is 1.96. The van der Waals surface area contributed by atoms with Crippen molar-refractivity contribution in [3.8, 4) is 0 Å². The molecule has 0 unspecified atom stereocenters. The summed E-state index contributed by atoms with van der Waals surface area (Å²) in [7, 11) is -4.23. The second-order valence-corrected chi connectivity index (χ2v) is 4.05. The van der Waals surface area contributed by atoms with E-state index in [1.54, 1.807) is 0 Å². The average Bonchev–Trinajstić information content (AvgIpc) is 1.85. The van der Waals surface area contributed by atoms with Crippen LogP contribution >= 0.6 is 7.82 Å². The van der Waals surface area contributed by atoms with Crippen molar-refractivity contribution in [3.05, 3.63) is 0 Å². The Morgan fingerprint density at radius 3 is 2.08 bits per heavy atom. The summed E-state index contributed by atoms with van der Waals surface area (Å²) < 4.78 is 14.9. The first kappa shape index (κ1) is 12.7. The van der Waals surface area contributed by atoms with E-state index in [1.165, 1.54) is 0 Å². The van der Waals surface area contributed by atoms with Crippen LogP contribution in [-0.4, -0.2) is 15.9 Å². The quantitative estimate of drug-likeness (QED) is 0.570. The van der Waals surface area contributed by atoms with Gasteiger partial charge in [-0.15, -0.1) is 0 Å². The minimum atomic E-state index is -4.23. The van der Waals surface area contributed by atoms with Crippen LogP contribution in [0.1, 0.15) is 32.1 Å². The van der Waals surface area contributed by atoms with Crippen LogP contribution in [0.3, 0.4) is 0 Å². The van der Waals surface area contributed by atoms with Gasteiger partial charge in [-0.2, -0.15) is 0 Å². The summed E-state index contributed by atoms with van der Waals surface area (Å²) in [6.07, 6.45) is 4.54. The summed E-state index contributed by atoms with van der Waals surface area (Å²) in [5.41, 5.74) is 0. The van der Waals surface area contributed by atoms with Gasteiger partial charge in [0, 0.05) is 19.5 Å². The van der Waals surface area contributed by atoms with E-state index >= 15 is 0 Å². The molecule has 0 radical (unpaired) electrons. The van der Waals surface area contributed by atoms with Crippen molar-refractivity contribution in [3.63, 3.8) is 0 Å². The maximum atomic E-state index is 10.4. The summed E-state index contributed by atoms with van der Waals surface area (Å²) >= 11 is 0. The van der Waals surface area contributed by atoms with Crippen LogP contribution < -0.4 is 0 Å². The van der Waals surface area contributed by atoms with Gasteiger partial charge in [0.05, 0.1) is 6.10 Å². The minimum Gasteiger partial charge on any atom is -0.303 e. The van der Waals surface area contributed by atoms with Crippen molar-refractivity contribution in [1.29, 1.82) is 0 Å². The third kappa shape index (κ3) is 5.39. The molecule has 1 aliphatic rings. The van der Waals surface area contributed by atoms with Gasteiger partial charge in [0.25, 0.3) is 0 Å². The molecule has 68 valence electrons. The first-order chi connectivity index (χ1) is 5.08. The first-order valence-electron chi connectivity index (χ1n) is 3.82. The second-order valence-electron chi connectivity index (χ2n) is 2.86. The Morgan fingerprint density at radius 2 is 1.67 bits per heavy atom. The van der Waals surface area contributed by atoms with Crippen LogP contribution in [0.15, 0.2) is 0 Å². The first-order valence-corrected chi connectivity index (χ1v) is 5.35. The Bertz CT molecular complexity index is 163. The molecule has 0 heterocycles. The van der Waals surface area contributed by atoms with E-state index in [9.17, 15) is 4.57 Å². The van der Waals surface area contributed by atoms with E-state index in [2.05, 4.69) is 4.52 Å². The van der Waals surface area contributed by atoms with Crippen LogP contribution in [0.4, 0.5) is 0 Å². The number of hydrogen-bond donors (Lipinski definition) is 2. The summed E-state index contributed by atoms with van der Waals surface area (Å²) in [6.45, 7) is 0. The van der Waals surface area contributed by atoms with Crippen LogP contribution in [0.5, 0.6) is 0 Å². The van der Waals surface area contributed by atoms with Crippen molar-refractivity contribution in [2.75, 3.05) is 0 Å². The monoisotopic (exact) mass is 244 g/mol. The van der Waals surface area contributed by atoms with Crippen LogP contribution in [-0.2, 0) is 28.6 Å². The van der Waals surface area contributed by atoms with Gasteiger partial charge in [-0.1, -0.05) is 19.3 Å². The Balaban J connectivity index is 0.00000121. The Labute approximate surface area is 84.7 Å². The molecule has 2 N–H and O–H groups in total. The maximum absolute atomic E-state index is 10.4. The molecule has 0 aromatic heterocycles. The van der Waals surface area contributed by atoms with E-state index in [1.807, 2.05) is 0 Å². The normalized spacial score (nSPS) is 20.2.